The van der Waals surface area contributed by atoms with Gasteiger partial charge in [-0.05, 0) is 89.3 Å². The van der Waals surface area contributed by atoms with Gasteiger partial charge in [0.2, 0.25) is 0 Å². The van der Waals surface area contributed by atoms with Gasteiger partial charge in [-0.25, -0.2) is 14.1 Å². The Balaban J connectivity index is 1.66. The molecular formula is C28H24BrFN2O5. The molecule has 0 aromatic heterocycles. The van der Waals surface area contributed by atoms with Crippen LogP contribution in [0.15, 0.2) is 64.6 Å². The van der Waals surface area contributed by atoms with Gasteiger partial charge < -0.3 is 9.47 Å². The molecule has 1 aliphatic heterocycles. The van der Waals surface area contributed by atoms with Gasteiger partial charge in [-0.1, -0.05) is 30.3 Å². The molecular weight excluding hydrogens is 543 g/mol. The van der Waals surface area contributed by atoms with Gasteiger partial charge in [-0.15, -0.1) is 0 Å². The number of hydrogen-bond donors (Lipinski definition) is 1. The lowest BCUT2D eigenvalue weighted by atomic mass is 10.1. The van der Waals surface area contributed by atoms with E-state index in [0.717, 1.165) is 17.2 Å². The van der Waals surface area contributed by atoms with Crippen molar-refractivity contribution in [2.45, 2.75) is 27.4 Å². The van der Waals surface area contributed by atoms with Crippen LogP contribution in [0.25, 0.3) is 6.08 Å². The second kappa shape index (κ2) is 11.0. The highest BCUT2D eigenvalue weighted by molar-refractivity contribution is 9.10. The van der Waals surface area contributed by atoms with Crippen molar-refractivity contribution in [2.75, 3.05) is 11.5 Å². The number of aryl methyl sites for hydroxylation is 2. The van der Waals surface area contributed by atoms with E-state index in [1.54, 1.807) is 12.1 Å². The second-order valence-corrected chi connectivity index (χ2v) is 9.23. The molecule has 0 aliphatic carbocycles. The lowest BCUT2D eigenvalue weighted by molar-refractivity contribution is -0.122. The van der Waals surface area contributed by atoms with Crippen molar-refractivity contribution in [3.05, 3.63) is 92.7 Å². The highest BCUT2D eigenvalue weighted by Crippen LogP contribution is 2.38. The van der Waals surface area contributed by atoms with E-state index < -0.39 is 23.7 Å². The van der Waals surface area contributed by atoms with Gasteiger partial charge in [0.05, 0.1) is 16.8 Å². The van der Waals surface area contributed by atoms with Gasteiger partial charge in [-0.3, -0.25) is 14.9 Å². The number of imide groups is 2. The molecule has 1 heterocycles. The number of anilines is 1. The average Bonchev–Trinajstić information content (AvgIpc) is 2.84. The van der Waals surface area contributed by atoms with E-state index in [4.69, 9.17) is 9.47 Å². The molecule has 0 unspecified atom stereocenters. The highest BCUT2D eigenvalue weighted by atomic mass is 79.9. The molecule has 1 saturated heterocycles. The molecule has 0 radical (unpaired) electrons. The number of halogens is 2. The van der Waals surface area contributed by atoms with Crippen LogP contribution in [0.4, 0.5) is 14.9 Å². The van der Waals surface area contributed by atoms with E-state index in [2.05, 4.69) is 27.3 Å². The summed E-state index contributed by atoms with van der Waals surface area (Å²) >= 11 is 3.50. The van der Waals surface area contributed by atoms with Crippen molar-refractivity contribution < 1.29 is 28.2 Å². The molecule has 0 atom stereocenters. The molecule has 1 aliphatic rings. The Morgan fingerprint density at radius 3 is 2.46 bits per heavy atom. The lowest BCUT2D eigenvalue weighted by Crippen LogP contribution is -2.54. The lowest BCUT2D eigenvalue weighted by Gasteiger charge is -2.26. The van der Waals surface area contributed by atoms with Crippen LogP contribution in [-0.2, 0) is 16.2 Å². The first-order chi connectivity index (χ1) is 17.7. The van der Waals surface area contributed by atoms with Crippen molar-refractivity contribution in [2.24, 2.45) is 0 Å². The first-order valence-electron chi connectivity index (χ1n) is 11.5. The minimum absolute atomic E-state index is 0.255. The van der Waals surface area contributed by atoms with Crippen molar-refractivity contribution in [3.8, 4) is 11.5 Å². The third-order valence-corrected chi connectivity index (χ3v) is 6.38. The predicted octanol–water partition coefficient (Wildman–Crippen LogP) is 5.85. The van der Waals surface area contributed by atoms with Crippen molar-refractivity contribution in [3.63, 3.8) is 0 Å². The fraction of sp³-hybridized carbons (Fsp3) is 0.179. The Bertz CT molecular complexity index is 1440. The smallest absolute Gasteiger partial charge is 0.336 e. The van der Waals surface area contributed by atoms with Crippen LogP contribution in [0, 0.1) is 19.7 Å². The first kappa shape index (κ1) is 26.1. The highest BCUT2D eigenvalue weighted by Gasteiger charge is 2.38. The molecule has 3 aromatic rings. The van der Waals surface area contributed by atoms with E-state index in [-0.39, 0.29) is 11.3 Å². The zero-order valence-corrected chi connectivity index (χ0v) is 22.0. The number of ether oxygens (including phenoxy) is 2. The van der Waals surface area contributed by atoms with E-state index >= 15 is 0 Å². The Hall–Kier alpha value is -3.98. The maximum Gasteiger partial charge on any atom is 0.336 e. The van der Waals surface area contributed by atoms with E-state index in [1.807, 2.05) is 32.9 Å². The summed E-state index contributed by atoms with van der Waals surface area (Å²) in [7, 11) is 0. The van der Waals surface area contributed by atoms with Crippen LogP contribution in [-0.4, -0.2) is 24.5 Å². The summed E-state index contributed by atoms with van der Waals surface area (Å²) in [5, 5.41) is 2.09. The maximum absolute atomic E-state index is 14.3. The van der Waals surface area contributed by atoms with Gasteiger partial charge in [0.1, 0.15) is 18.0 Å². The Kier molecular flexibility index (Phi) is 7.73. The van der Waals surface area contributed by atoms with Crippen LogP contribution in [0.1, 0.15) is 29.2 Å². The molecule has 0 bridgehead atoms. The Morgan fingerprint density at radius 2 is 1.76 bits per heavy atom. The van der Waals surface area contributed by atoms with Crippen LogP contribution >= 0.6 is 15.9 Å². The molecule has 3 aromatic carbocycles. The van der Waals surface area contributed by atoms with Crippen molar-refractivity contribution >= 4 is 45.5 Å². The number of carbonyl (C=O) groups excluding carboxylic acids is 3. The number of nitrogens with zero attached hydrogens (tertiary/aromatic N) is 1. The molecule has 1 N–H and O–H groups in total. The molecule has 190 valence electrons. The van der Waals surface area contributed by atoms with Crippen LogP contribution < -0.4 is 19.7 Å². The largest absolute Gasteiger partial charge is 0.490 e. The van der Waals surface area contributed by atoms with Crippen LogP contribution in [0.2, 0.25) is 0 Å². The number of hydrogen-bond acceptors (Lipinski definition) is 5. The first-order valence-corrected chi connectivity index (χ1v) is 12.3. The van der Waals surface area contributed by atoms with Gasteiger partial charge in [0, 0.05) is 0 Å². The standard InChI is InChI=1S/C28H24BrFN2O5/c1-4-36-24-14-19(13-21(29)25(24)37-15-18-10-9-16(2)17(3)11-18)12-20-26(33)31-28(35)32(27(20)34)23-8-6-5-7-22(23)30/h5-14H,4,15H2,1-3H3,(H,31,33,35)/b20-12-. The summed E-state index contributed by atoms with van der Waals surface area (Å²) < 4.78 is 26.7. The summed E-state index contributed by atoms with van der Waals surface area (Å²) in [6.45, 7) is 6.55. The van der Waals surface area contributed by atoms with Crippen LogP contribution in [0.3, 0.4) is 0 Å². The Labute approximate surface area is 222 Å². The van der Waals surface area contributed by atoms with Crippen molar-refractivity contribution in [1.82, 2.24) is 5.32 Å². The van der Waals surface area contributed by atoms with E-state index in [9.17, 15) is 18.8 Å². The van der Waals surface area contributed by atoms with Crippen LogP contribution in [0.5, 0.6) is 11.5 Å². The summed E-state index contributed by atoms with van der Waals surface area (Å²) in [4.78, 5) is 38.6. The third kappa shape index (κ3) is 5.56. The summed E-state index contributed by atoms with van der Waals surface area (Å²) in [5.74, 6) is -1.73. The number of urea groups is 1. The fourth-order valence-electron chi connectivity index (χ4n) is 3.80. The van der Waals surface area contributed by atoms with Gasteiger partial charge in [0.15, 0.2) is 11.5 Å². The third-order valence-electron chi connectivity index (χ3n) is 5.79. The molecule has 4 rings (SSSR count). The predicted molar refractivity (Wildman–Crippen MR) is 141 cm³/mol. The zero-order valence-electron chi connectivity index (χ0n) is 20.4. The minimum atomic E-state index is -1.02. The summed E-state index contributed by atoms with van der Waals surface area (Å²) in [5.41, 5.74) is 3.19. The number of nitrogens with one attached hydrogen (secondary N) is 1. The molecule has 4 amide bonds. The fourth-order valence-corrected chi connectivity index (χ4v) is 4.37. The van der Waals surface area contributed by atoms with E-state index in [0.29, 0.717) is 39.6 Å². The molecule has 0 saturated carbocycles. The summed E-state index contributed by atoms with van der Waals surface area (Å²) in [6.07, 6.45) is 1.32. The quantitative estimate of drug-likeness (QED) is 0.286. The number of amides is 4. The Morgan fingerprint density at radius 1 is 1.00 bits per heavy atom. The molecule has 9 heteroatoms. The average molecular weight is 567 g/mol. The van der Waals surface area contributed by atoms with Gasteiger partial charge >= 0.3 is 6.03 Å². The minimum Gasteiger partial charge on any atom is -0.490 e. The van der Waals surface area contributed by atoms with Gasteiger partial charge in [-0.2, -0.15) is 0 Å². The normalized spacial score (nSPS) is 14.7. The van der Waals surface area contributed by atoms with Crippen molar-refractivity contribution in [1.29, 1.82) is 0 Å². The number of benzene rings is 3. The molecule has 7 nitrogen and oxygen atoms in total. The van der Waals surface area contributed by atoms with Gasteiger partial charge in [0.25, 0.3) is 11.8 Å². The molecule has 37 heavy (non-hydrogen) atoms. The topological polar surface area (TPSA) is 84.9 Å². The maximum atomic E-state index is 14.3. The van der Waals surface area contributed by atoms with E-state index in [1.165, 1.54) is 29.8 Å². The second-order valence-electron chi connectivity index (χ2n) is 8.38. The zero-order chi connectivity index (χ0) is 26.7. The number of barbiturate groups is 1. The number of rotatable bonds is 7. The monoisotopic (exact) mass is 566 g/mol. The SMILES string of the molecule is CCOc1cc(/C=C2/C(=O)NC(=O)N(c3ccccc3F)C2=O)cc(Br)c1OCc1ccc(C)c(C)c1. The molecule has 1 fully saturated rings. The summed E-state index contributed by atoms with van der Waals surface area (Å²) in [6, 6.07) is 13.7. The molecule has 0 spiro atoms. The number of carbonyl (C=O) groups is 3. The number of para-hydroxylation sites is 1.